The topological polar surface area (TPSA) is 9.23 Å². The maximum absolute atomic E-state index is 6.55. The normalized spacial score (nSPS) is 12.5. The third-order valence-electron chi connectivity index (χ3n) is 3.60. The molecular weight excluding hydrogens is 280 g/mol. The molecule has 0 radical (unpaired) electrons. The summed E-state index contributed by atoms with van der Waals surface area (Å²) in [6.07, 6.45) is 1.03. The van der Waals surface area contributed by atoms with Crippen molar-refractivity contribution in [1.82, 2.24) is 0 Å². The molecule has 1 nitrogen and oxygen atoms in total. The molecule has 0 N–H and O–H groups in total. The highest BCUT2D eigenvalue weighted by Gasteiger charge is 2.10. The van der Waals surface area contributed by atoms with E-state index in [4.69, 9.17) is 16.3 Å². The first-order chi connectivity index (χ1) is 9.95. The molecule has 0 aromatic heterocycles. The Morgan fingerprint density at radius 2 is 1.62 bits per heavy atom. The molecule has 0 aliphatic rings. The number of hydrogen-bond donors (Lipinski definition) is 0. The molecule has 0 fully saturated rings. The lowest BCUT2D eigenvalue weighted by atomic mass is 10.00. The maximum Gasteiger partial charge on any atom is 0.119 e. The second-order valence-corrected chi connectivity index (χ2v) is 6.35. The van der Waals surface area contributed by atoms with Crippen molar-refractivity contribution in [3.8, 4) is 5.75 Å². The average Bonchev–Trinajstić information content (AvgIpc) is 2.43. The van der Waals surface area contributed by atoms with E-state index in [1.165, 1.54) is 16.7 Å². The van der Waals surface area contributed by atoms with Crippen LogP contribution in [-0.2, 0) is 6.42 Å². The van der Waals surface area contributed by atoms with Crippen molar-refractivity contribution in [3.63, 3.8) is 0 Å². The number of aryl methyl sites for hydroxylation is 2. The van der Waals surface area contributed by atoms with E-state index < -0.39 is 0 Å². The van der Waals surface area contributed by atoms with Crippen LogP contribution in [0.25, 0.3) is 0 Å². The van der Waals surface area contributed by atoms with Crippen LogP contribution >= 0.6 is 11.6 Å². The summed E-state index contributed by atoms with van der Waals surface area (Å²) in [5.74, 6) is 0.892. The van der Waals surface area contributed by atoms with Gasteiger partial charge in [0.2, 0.25) is 0 Å². The van der Waals surface area contributed by atoms with Crippen molar-refractivity contribution < 1.29 is 4.74 Å². The monoisotopic (exact) mass is 302 g/mol. The molecule has 2 rings (SSSR count). The maximum atomic E-state index is 6.55. The molecule has 1 atom stereocenters. The van der Waals surface area contributed by atoms with Gasteiger partial charge in [-0.05, 0) is 68.5 Å². The fourth-order valence-electron chi connectivity index (χ4n) is 2.28. The van der Waals surface area contributed by atoms with Crippen LogP contribution in [0.4, 0.5) is 0 Å². The first kappa shape index (κ1) is 15.9. The summed E-state index contributed by atoms with van der Waals surface area (Å²) in [7, 11) is 0. The van der Waals surface area contributed by atoms with Crippen molar-refractivity contribution in [1.29, 1.82) is 0 Å². The predicted molar refractivity (Wildman–Crippen MR) is 90.4 cm³/mol. The molecular formula is C19H23ClO. The standard InChI is InChI=1S/C19H23ClO/c1-13(2)21-18-9-7-17(8-10-18)19(20)12-16-6-5-14(3)15(4)11-16/h5-11,13,19H,12H2,1-4H3. The molecule has 0 amide bonds. The second kappa shape index (κ2) is 7.00. The Kier molecular flexibility index (Phi) is 5.30. The lowest BCUT2D eigenvalue weighted by Gasteiger charge is -2.13. The smallest absolute Gasteiger partial charge is 0.119 e. The zero-order valence-electron chi connectivity index (χ0n) is 13.2. The summed E-state index contributed by atoms with van der Waals surface area (Å²) in [6.45, 7) is 8.32. The highest BCUT2D eigenvalue weighted by Crippen LogP contribution is 2.27. The van der Waals surface area contributed by atoms with Crippen LogP contribution in [0, 0.1) is 13.8 Å². The molecule has 1 unspecified atom stereocenters. The molecule has 21 heavy (non-hydrogen) atoms. The van der Waals surface area contributed by atoms with Gasteiger partial charge in [0.05, 0.1) is 11.5 Å². The van der Waals surface area contributed by atoms with Gasteiger partial charge in [0, 0.05) is 0 Å². The Labute approximate surface area is 132 Å². The van der Waals surface area contributed by atoms with Gasteiger partial charge >= 0.3 is 0 Å². The van der Waals surface area contributed by atoms with Gasteiger partial charge in [0.25, 0.3) is 0 Å². The van der Waals surface area contributed by atoms with Crippen LogP contribution in [-0.4, -0.2) is 6.10 Å². The van der Waals surface area contributed by atoms with Crippen LogP contribution in [0.15, 0.2) is 42.5 Å². The number of benzene rings is 2. The van der Waals surface area contributed by atoms with E-state index in [1.807, 2.05) is 26.0 Å². The van der Waals surface area contributed by atoms with Crippen molar-refractivity contribution in [2.24, 2.45) is 0 Å². The van der Waals surface area contributed by atoms with Crippen LogP contribution < -0.4 is 4.74 Å². The molecule has 2 aromatic carbocycles. The van der Waals surface area contributed by atoms with E-state index in [-0.39, 0.29) is 11.5 Å². The van der Waals surface area contributed by atoms with Crippen LogP contribution in [0.2, 0.25) is 0 Å². The summed E-state index contributed by atoms with van der Waals surface area (Å²) in [4.78, 5) is 0. The highest BCUT2D eigenvalue weighted by atomic mass is 35.5. The molecule has 0 saturated carbocycles. The summed E-state index contributed by atoms with van der Waals surface area (Å²) in [6, 6.07) is 14.6. The van der Waals surface area contributed by atoms with Crippen LogP contribution in [0.5, 0.6) is 5.75 Å². The zero-order valence-corrected chi connectivity index (χ0v) is 13.9. The molecule has 0 aliphatic carbocycles. The third kappa shape index (κ3) is 4.50. The SMILES string of the molecule is Cc1ccc(CC(Cl)c2ccc(OC(C)C)cc2)cc1C. The largest absolute Gasteiger partial charge is 0.491 e. The lowest BCUT2D eigenvalue weighted by molar-refractivity contribution is 0.242. The average molecular weight is 303 g/mol. The van der Waals surface area contributed by atoms with E-state index in [2.05, 4.69) is 44.2 Å². The number of halogens is 1. The Morgan fingerprint density at radius 1 is 0.952 bits per heavy atom. The Hall–Kier alpha value is -1.47. The van der Waals surface area contributed by atoms with Gasteiger partial charge in [-0.1, -0.05) is 30.3 Å². The van der Waals surface area contributed by atoms with Gasteiger partial charge in [0.15, 0.2) is 0 Å². The lowest BCUT2D eigenvalue weighted by Crippen LogP contribution is -2.05. The predicted octanol–water partition coefficient (Wildman–Crippen LogP) is 5.61. The molecule has 0 saturated heterocycles. The number of hydrogen-bond acceptors (Lipinski definition) is 1. The quantitative estimate of drug-likeness (QED) is 0.652. The van der Waals surface area contributed by atoms with E-state index in [0.29, 0.717) is 0 Å². The molecule has 0 bridgehead atoms. The first-order valence-corrected chi connectivity index (χ1v) is 7.86. The fraction of sp³-hybridized carbons (Fsp3) is 0.368. The summed E-state index contributed by atoms with van der Waals surface area (Å²) >= 11 is 6.55. The minimum absolute atomic E-state index is 0.0137. The number of ether oxygens (including phenoxy) is 1. The van der Waals surface area contributed by atoms with E-state index in [0.717, 1.165) is 17.7 Å². The molecule has 112 valence electrons. The van der Waals surface area contributed by atoms with Crippen molar-refractivity contribution in [2.45, 2.75) is 45.6 Å². The van der Waals surface area contributed by atoms with Gasteiger partial charge in [-0.25, -0.2) is 0 Å². The molecule has 0 spiro atoms. The Morgan fingerprint density at radius 3 is 2.19 bits per heavy atom. The van der Waals surface area contributed by atoms with Crippen molar-refractivity contribution >= 4 is 11.6 Å². The Balaban J connectivity index is 2.05. The van der Waals surface area contributed by atoms with Crippen LogP contribution in [0.1, 0.15) is 41.5 Å². The van der Waals surface area contributed by atoms with Crippen molar-refractivity contribution in [2.75, 3.05) is 0 Å². The van der Waals surface area contributed by atoms with Gasteiger partial charge in [0.1, 0.15) is 5.75 Å². The molecule has 2 aromatic rings. The van der Waals surface area contributed by atoms with E-state index >= 15 is 0 Å². The van der Waals surface area contributed by atoms with Gasteiger partial charge in [-0.2, -0.15) is 0 Å². The fourth-order valence-corrected chi connectivity index (χ4v) is 2.61. The van der Waals surface area contributed by atoms with Gasteiger partial charge in [-0.3, -0.25) is 0 Å². The summed E-state index contributed by atoms with van der Waals surface area (Å²) in [5.41, 5.74) is 5.05. The molecule has 2 heteroatoms. The second-order valence-electron chi connectivity index (χ2n) is 5.83. The van der Waals surface area contributed by atoms with Gasteiger partial charge in [-0.15, -0.1) is 11.6 Å². The summed E-state index contributed by atoms with van der Waals surface area (Å²) in [5, 5.41) is -0.0137. The third-order valence-corrected chi connectivity index (χ3v) is 4.01. The number of rotatable bonds is 5. The van der Waals surface area contributed by atoms with Crippen molar-refractivity contribution in [3.05, 3.63) is 64.7 Å². The van der Waals surface area contributed by atoms with E-state index in [9.17, 15) is 0 Å². The molecule has 0 heterocycles. The van der Waals surface area contributed by atoms with E-state index in [1.54, 1.807) is 0 Å². The Bertz CT molecular complexity index is 587. The number of alkyl halides is 1. The molecule has 0 aliphatic heterocycles. The summed E-state index contributed by atoms with van der Waals surface area (Å²) < 4.78 is 5.65. The highest BCUT2D eigenvalue weighted by molar-refractivity contribution is 6.20. The van der Waals surface area contributed by atoms with Crippen LogP contribution in [0.3, 0.4) is 0 Å². The zero-order chi connectivity index (χ0) is 15.4. The minimum Gasteiger partial charge on any atom is -0.491 e. The van der Waals surface area contributed by atoms with Gasteiger partial charge < -0.3 is 4.74 Å². The first-order valence-electron chi connectivity index (χ1n) is 7.42. The minimum atomic E-state index is -0.0137.